The average molecular weight is 416 g/mol. The van der Waals surface area contributed by atoms with Crippen molar-refractivity contribution in [3.63, 3.8) is 0 Å². The van der Waals surface area contributed by atoms with Crippen LogP contribution in [0.5, 0.6) is 11.5 Å². The number of ether oxygens (including phenoxy) is 2. The lowest BCUT2D eigenvalue weighted by Crippen LogP contribution is -2.09. The van der Waals surface area contributed by atoms with Gasteiger partial charge in [-0.25, -0.2) is 4.79 Å². The molecule has 3 rings (SSSR count). The summed E-state index contributed by atoms with van der Waals surface area (Å²) in [6.07, 6.45) is 1.48. The predicted octanol–water partition coefficient (Wildman–Crippen LogP) is 4.88. The number of carbonyl (C=O) groups excluding carboxylic acids is 2. The standard InChI is InChI=1S/C26H24O5/c1-4-24(28)31-14-13-18-11-8-12-20(26(29)19-9-6-5-7-10-19)25(18)21-15-17(2)23(30-3)16-22(21)27/h4-12,15-16,27H,1,13-14H2,2-3H3. The summed E-state index contributed by atoms with van der Waals surface area (Å²) in [5.41, 5.74) is 3.72. The number of rotatable bonds is 8. The first-order valence-corrected chi connectivity index (χ1v) is 9.85. The molecule has 0 fully saturated rings. The third-order valence-electron chi connectivity index (χ3n) is 5.00. The Kier molecular flexibility index (Phi) is 6.88. The fraction of sp³-hybridized carbons (Fsp3) is 0.154. The van der Waals surface area contributed by atoms with Gasteiger partial charge in [-0.1, -0.05) is 55.1 Å². The molecule has 0 aliphatic rings. The molecule has 0 heterocycles. The van der Waals surface area contributed by atoms with Crippen molar-refractivity contribution in [2.75, 3.05) is 13.7 Å². The number of esters is 1. The fourth-order valence-corrected chi connectivity index (χ4v) is 3.48. The van der Waals surface area contributed by atoms with Gasteiger partial charge in [-0.05, 0) is 29.7 Å². The molecule has 0 atom stereocenters. The number of aryl methyl sites for hydroxylation is 1. The molecule has 0 spiro atoms. The lowest BCUT2D eigenvalue weighted by Gasteiger charge is -2.17. The van der Waals surface area contributed by atoms with Gasteiger partial charge in [-0.15, -0.1) is 0 Å². The van der Waals surface area contributed by atoms with Gasteiger partial charge in [0, 0.05) is 35.3 Å². The van der Waals surface area contributed by atoms with Gasteiger partial charge in [0.05, 0.1) is 13.7 Å². The third-order valence-corrected chi connectivity index (χ3v) is 5.00. The second-order valence-corrected chi connectivity index (χ2v) is 7.00. The van der Waals surface area contributed by atoms with Crippen molar-refractivity contribution in [3.8, 4) is 22.6 Å². The van der Waals surface area contributed by atoms with E-state index in [4.69, 9.17) is 9.47 Å². The van der Waals surface area contributed by atoms with Crippen LogP contribution in [-0.2, 0) is 16.0 Å². The second-order valence-electron chi connectivity index (χ2n) is 7.00. The highest BCUT2D eigenvalue weighted by Crippen LogP contribution is 2.39. The summed E-state index contributed by atoms with van der Waals surface area (Å²) in [4.78, 5) is 24.8. The summed E-state index contributed by atoms with van der Waals surface area (Å²) in [5.74, 6) is -0.121. The van der Waals surface area contributed by atoms with E-state index in [0.717, 1.165) is 17.2 Å². The van der Waals surface area contributed by atoms with Crippen molar-refractivity contribution in [3.05, 3.63) is 95.6 Å². The summed E-state index contributed by atoms with van der Waals surface area (Å²) in [6, 6.07) is 17.7. The minimum absolute atomic E-state index is 0.0000907. The first kappa shape index (κ1) is 21.8. The van der Waals surface area contributed by atoms with E-state index in [9.17, 15) is 14.7 Å². The van der Waals surface area contributed by atoms with Gasteiger partial charge in [0.25, 0.3) is 0 Å². The molecule has 1 N–H and O–H groups in total. The fourth-order valence-electron chi connectivity index (χ4n) is 3.48. The largest absolute Gasteiger partial charge is 0.507 e. The number of hydrogen-bond acceptors (Lipinski definition) is 5. The van der Waals surface area contributed by atoms with Gasteiger partial charge in [-0.3, -0.25) is 4.79 Å². The number of phenolic OH excluding ortho intramolecular Hbond substituents is 1. The predicted molar refractivity (Wildman–Crippen MR) is 120 cm³/mol. The Balaban J connectivity index is 2.15. The van der Waals surface area contributed by atoms with E-state index in [2.05, 4.69) is 6.58 Å². The molecule has 0 aliphatic heterocycles. The molecule has 0 bridgehead atoms. The van der Waals surface area contributed by atoms with Crippen molar-refractivity contribution < 1.29 is 24.2 Å². The average Bonchev–Trinajstić information content (AvgIpc) is 2.80. The Hall–Kier alpha value is -3.86. The van der Waals surface area contributed by atoms with Crippen molar-refractivity contribution in [2.45, 2.75) is 13.3 Å². The van der Waals surface area contributed by atoms with Crippen LogP contribution in [0.4, 0.5) is 0 Å². The number of carbonyl (C=O) groups is 2. The summed E-state index contributed by atoms with van der Waals surface area (Å²) < 4.78 is 10.4. The monoisotopic (exact) mass is 416 g/mol. The molecule has 0 saturated carbocycles. The van der Waals surface area contributed by atoms with Crippen LogP contribution in [0, 0.1) is 6.92 Å². The zero-order valence-electron chi connectivity index (χ0n) is 17.6. The Labute approximate surface area is 181 Å². The maximum Gasteiger partial charge on any atom is 0.330 e. The SMILES string of the molecule is C=CC(=O)OCCc1cccc(C(=O)c2ccccc2)c1-c1cc(C)c(OC)cc1O. The molecule has 0 aliphatic carbocycles. The van der Waals surface area contributed by atoms with E-state index in [1.54, 1.807) is 42.5 Å². The van der Waals surface area contributed by atoms with E-state index < -0.39 is 5.97 Å². The molecule has 0 radical (unpaired) electrons. The molecule has 158 valence electrons. The molecule has 31 heavy (non-hydrogen) atoms. The molecule has 5 nitrogen and oxygen atoms in total. The van der Waals surface area contributed by atoms with Gasteiger partial charge in [0.15, 0.2) is 5.78 Å². The quantitative estimate of drug-likeness (QED) is 0.322. The normalized spacial score (nSPS) is 10.4. The molecule has 0 unspecified atom stereocenters. The maximum atomic E-state index is 13.3. The van der Waals surface area contributed by atoms with Crippen LogP contribution in [0.25, 0.3) is 11.1 Å². The lowest BCUT2D eigenvalue weighted by atomic mass is 9.88. The smallest absolute Gasteiger partial charge is 0.330 e. The van der Waals surface area contributed by atoms with E-state index in [0.29, 0.717) is 34.4 Å². The minimum Gasteiger partial charge on any atom is -0.507 e. The number of phenols is 1. The van der Waals surface area contributed by atoms with Crippen molar-refractivity contribution in [1.82, 2.24) is 0 Å². The molecule has 3 aromatic carbocycles. The molecule has 0 saturated heterocycles. The number of methoxy groups -OCH3 is 1. The highest BCUT2D eigenvalue weighted by atomic mass is 16.5. The summed E-state index contributed by atoms with van der Waals surface area (Å²) in [6.45, 7) is 5.39. The number of benzene rings is 3. The van der Waals surface area contributed by atoms with Gasteiger partial charge in [-0.2, -0.15) is 0 Å². The lowest BCUT2D eigenvalue weighted by molar-refractivity contribution is -0.137. The van der Waals surface area contributed by atoms with Crippen molar-refractivity contribution in [1.29, 1.82) is 0 Å². The van der Waals surface area contributed by atoms with Crippen LogP contribution in [0.1, 0.15) is 27.0 Å². The van der Waals surface area contributed by atoms with Gasteiger partial charge >= 0.3 is 5.97 Å². The summed E-state index contributed by atoms with van der Waals surface area (Å²) in [5, 5.41) is 10.8. The molecule has 0 amide bonds. The van der Waals surface area contributed by atoms with Crippen LogP contribution in [0.2, 0.25) is 0 Å². The number of hydrogen-bond donors (Lipinski definition) is 1. The Bertz CT molecular complexity index is 1120. The van der Waals surface area contributed by atoms with Crippen molar-refractivity contribution in [2.24, 2.45) is 0 Å². The van der Waals surface area contributed by atoms with E-state index in [1.165, 1.54) is 13.2 Å². The number of ketones is 1. The zero-order chi connectivity index (χ0) is 22.4. The summed E-state index contributed by atoms with van der Waals surface area (Å²) in [7, 11) is 1.54. The highest BCUT2D eigenvalue weighted by Gasteiger charge is 2.21. The van der Waals surface area contributed by atoms with Gasteiger partial charge in [0.2, 0.25) is 0 Å². The Morgan fingerprint density at radius 2 is 1.81 bits per heavy atom. The summed E-state index contributed by atoms with van der Waals surface area (Å²) >= 11 is 0. The van der Waals surface area contributed by atoms with E-state index in [1.807, 2.05) is 19.1 Å². The number of aromatic hydroxyl groups is 1. The first-order chi connectivity index (χ1) is 15.0. The molecule has 5 heteroatoms. The highest BCUT2D eigenvalue weighted by molar-refractivity contribution is 6.13. The van der Waals surface area contributed by atoms with Gasteiger partial charge < -0.3 is 14.6 Å². The van der Waals surface area contributed by atoms with Crippen molar-refractivity contribution >= 4 is 11.8 Å². The van der Waals surface area contributed by atoms with Crippen LogP contribution in [-0.4, -0.2) is 30.6 Å². The molecule has 3 aromatic rings. The maximum absolute atomic E-state index is 13.3. The topological polar surface area (TPSA) is 72.8 Å². The van der Waals surface area contributed by atoms with E-state index in [-0.39, 0.29) is 18.1 Å². The molecular weight excluding hydrogens is 392 g/mol. The van der Waals surface area contributed by atoms with Crippen LogP contribution < -0.4 is 4.74 Å². The Morgan fingerprint density at radius 1 is 1.06 bits per heavy atom. The Morgan fingerprint density at radius 3 is 2.48 bits per heavy atom. The first-order valence-electron chi connectivity index (χ1n) is 9.85. The second kappa shape index (κ2) is 9.76. The molecular formula is C26H24O5. The van der Waals surface area contributed by atoms with E-state index >= 15 is 0 Å². The van der Waals surface area contributed by atoms with Gasteiger partial charge in [0.1, 0.15) is 11.5 Å². The van der Waals surface area contributed by atoms with Crippen LogP contribution >= 0.6 is 0 Å². The molecule has 0 aromatic heterocycles. The van der Waals surface area contributed by atoms with Crippen LogP contribution in [0.3, 0.4) is 0 Å². The zero-order valence-corrected chi connectivity index (χ0v) is 17.6. The minimum atomic E-state index is -0.513. The van der Waals surface area contributed by atoms with Crippen LogP contribution in [0.15, 0.2) is 73.3 Å². The third kappa shape index (κ3) is 4.83.